The number of likely N-dealkylation sites (tertiary alicyclic amines) is 1. The first-order chi connectivity index (χ1) is 16.8. The molecule has 35 heavy (non-hydrogen) atoms. The monoisotopic (exact) mass is 470 g/mol. The Hall–Kier alpha value is -3.90. The quantitative estimate of drug-likeness (QED) is 0.296. The SMILES string of the molecule is Cc1ccc(C)c(/C(O)=C2\C(=O)C(=O)N(CCN(C)C)C2c2cccc(Oc3ccccc3)c2)c1. The second kappa shape index (κ2) is 10.2. The van der Waals surface area contributed by atoms with E-state index in [1.54, 1.807) is 4.90 Å². The summed E-state index contributed by atoms with van der Waals surface area (Å²) in [6, 6.07) is 21.7. The van der Waals surface area contributed by atoms with Gasteiger partial charge in [0, 0.05) is 18.7 Å². The number of ether oxygens (including phenoxy) is 1. The number of para-hydroxylation sites is 1. The number of Topliss-reactive ketones (excluding diaryl/α,β-unsaturated/α-hetero) is 1. The van der Waals surface area contributed by atoms with E-state index in [9.17, 15) is 14.7 Å². The van der Waals surface area contributed by atoms with Crippen LogP contribution in [-0.4, -0.2) is 53.8 Å². The molecule has 1 atom stereocenters. The summed E-state index contributed by atoms with van der Waals surface area (Å²) in [5.41, 5.74) is 3.13. The predicted octanol–water partition coefficient (Wildman–Crippen LogP) is 5.08. The van der Waals surface area contributed by atoms with Gasteiger partial charge >= 0.3 is 0 Å². The van der Waals surface area contributed by atoms with E-state index in [4.69, 9.17) is 4.74 Å². The molecule has 1 heterocycles. The van der Waals surface area contributed by atoms with Crippen LogP contribution in [0.5, 0.6) is 11.5 Å². The van der Waals surface area contributed by atoms with Gasteiger partial charge in [0.2, 0.25) is 0 Å². The van der Waals surface area contributed by atoms with Crippen molar-refractivity contribution in [1.29, 1.82) is 0 Å². The molecule has 6 nitrogen and oxygen atoms in total. The third-order valence-electron chi connectivity index (χ3n) is 6.13. The Balaban J connectivity index is 1.83. The van der Waals surface area contributed by atoms with Crippen LogP contribution in [0, 0.1) is 13.8 Å². The van der Waals surface area contributed by atoms with Crippen LogP contribution in [0.15, 0.2) is 78.4 Å². The van der Waals surface area contributed by atoms with Crippen molar-refractivity contribution in [2.75, 3.05) is 27.2 Å². The number of aliphatic hydroxyl groups excluding tert-OH is 1. The van der Waals surface area contributed by atoms with Gasteiger partial charge in [-0.1, -0.05) is 48.0 Å². The topological polar surface area (TPSA) is 70.1 Å². The van der Waals surface area contributed by atoms with Gasteiger partial charge in [-0.15, -0.1) is 0 Å². The molecule has 3 aromatic carbocycles. The minimum absolute atomic E-state index is 0.0966. The van der Waals surface area contributed by atoms with E-state index in [2.05, 4.69) is 0 Å². The van der Waals surface area contributed by atoms with Crippen LogP contribution in [0.2, 0.25) is 0 Å². The fraction of sp³-hybridized carbons (Fsp3) is 0.241. The number of carbonyl (C=O) groups excluding carboxylic acids is 2. The number of aliphatic hydroxyl groups is 1. The van der Waals surface area contributed by atoms with Gasteiger partial charge in [0.25, 0.3) is 11.7 Å². The number of hydrogen-bond donors (Lipinski definition) is 1. The summed E-state index contributed by atoms with van der Waals surface area (Å²) in [6.07, 6.45) is 0. The van der Waals surface area contributed by atoms with Crippen molar-refractivity contribution >= 4 is 17.4 Å². The van der Waals surface area contributed by atoms with Gasteiger partial charge in [0.15, 0.2) is 0 Å². The first-order valence-electron chi connectivity index (χ1n) is 11.6. The number of aryl methyl sites for hydroxylation is 2. The Bertz CT molecular complexity index is 1280. The minimum atomic E-state index is -0.728. The molecule has 3 aromatic rings. The fourth-order valence-corrected chi connectivity index (χ4v) is 4.27. The molecule has 1 aliphatic heterocycles. The fourth-order valence-electron chi connectivity index (χ4n) is 4.27. The molecule has 1 unspecified atom stereocenters. The molecule has 1 N–H and O–H groups in total. The molecule has 0 bridgehead atoms. The highest BCUT2D eigenvalue weighted by Crippen LogP contribution is 2.41. The first kappa shape index (κ1) is 24.2. The lowest BCUT2D eigenvalue weighted by Crippen LogP contribution is -2.35. The summed E-state index contributed by atoms with van der Waals surface area (Å²) < 4.78 is 6.01. The molecule has 1 amide bonds. The lowest BCUT2D eigenvalue weighted by Gasteiger charge is -2.27. The molecule has 1 aliphatic rings. The summed E-state index contributed by atoms with van der Waals surface area (Å²) in [6.45, 7) is 4.72. The van der Waals surface area contributed by atoms with Crippen LogP contribution in [0.4, 0.5) is 0 Å². The van der Waals surface area contributed by atoms with Crippen molar-refractivity contribution in [1.82, 2.24) is 9.80 Å². The van der Waals surface area contributed by atoms with Gasteiger partial charge in [-0.05, 0) is 69.4 Å². The maximum atomic E-state index is 13.3. The predicted molar refractivity (Wildman–Crippen MR) is 136 cm³/mol. The molecule has 6 heteroatoms. The summed E-state index contributed by atoms with van der Waals surface area (Å²) in [5, 5.41) is 11.4. The van der Waals surface area contributed by atoms with Crippen LogP contribution in [0.1, 0.15) is 28.3 Å². The average Bonchev–Trinajstić information content (AvgIpc) is 3.09. The van der Waals surface area contributed by atoms with Crippen LogP contribution in [0.25, 0.3) is 5.76 Å². The molecule has 0 radical (unpaired) electrons. The van der Waals surface area contributed by atoms with Crippen LogP contribution >= 0.6 is 0 Å². The first-order valence-corrected chi connectivity index (χ1v) is 11.6. The second-order valence-electron chi connectivity index (χ2n) is 9.10. The molecule has 0 aliphatic carbocycles. The Labute approximate surface area is 206 Å². The van der Waals surface area contributed by atoms with Crippen LogP contribution in [0.3, 0.4) is 0 Å². The molecule has 0 saturated carbocycles. The second-order valence-corrected chi connectivity index (χ2v) is 9.10. The zero-order chi connectivity index (χ0) is 25.1. The highest BCUT2D eigenvalue weighted by molar-refractivity contribution is 6.46. The minimum Gasteiger partial charge on any atom is -0.507 e. The van der Waals surface area contributed by atoms with E-state index in [1.165, 1.54) is 0 Å². The smallest absolute Gasteiger partial charge is 0.295 e. The van der Waals surface area contributed by atoms with Gasteiger partial charge in [0.05, 0.1) is 11.6 Å². The molecule has 0 spiro atoms. The maximum absolute atomic E-state index is 13.3. The highest BCUT2D eigenvalue weighted by Gasteiger charge is 2.46. The number of likely N-dealkylation sites (N-methyl/N-ethyl adjacent to an activating group) is 1. The molecule has 180 valence electrons. The van der Waals surface area contributed by atoms with Gasteiger partial charge in [-0.25, -0.2) is 0 Å². The van der Waals surface area contributed by atoms with E-state index in [1.807, 2.05) is 106 Å². The van der Waals surface area contributed by atoms with Crippen molar-refractivity contribution in [3.05, 3.63) is 101 Å². The lowest BCUT2D eigenvalue weighted by atomic mass is 9.93. The largest absolute Gasteiger partial charge is 0.507 e. The Kier molecular flexibility index (Phi) is 7.03. The lowest BCUT2D eigenvalue weighted by molar-refractivity contribution is -0.140. The summed E-state index contributed by atoms with van der Waals surface area (Å²) >= 11 is 0. The normalized spacial score (nSPS) is 17.3. The van der Waals surface area contributed by atoms with Crippen molar-refractivity contribution in [3.8, 4) is 11.5 Å². The molecular formula is C29H30N2O4. The van der Waals surface area contributed by atoms with Gasteiger partial charge < -0.3 is 19.6 Å². The average molecular weight is 471 g/mol. The third kappa shape index (κ3) is 5.12. The van der Waals surface area contributed by atoms with Crippen LogP contribution < -0.4 is 4.74 Å². The zero-order valence-corrected chi connectivity index (χ0v) is 20.5. The van der Waals surface area contributed by atoms with Crippen molar-refractivity contribution in [3.63, 3.8) is 0 Å². The number of carbonyl (C=O) groups is 2. The van der Waals surface area contributed by atoms with Gasteiger partial charge in [0.1, 0.15) is 17.3 Å². The molecular weight excluding hydrogens is 440 g/mol. The highest BCUT2D eigenvalue weighted by atomic mass is 16.5. The van der Waals surface area contributed by atoms with Crippen molar-refractivity contribution < 1.29 is 19.4 Å². The maximum Gasteiger partial charge on any atom is 0.295 e. The summed E-state index contributed by atoms with van der Waals surface area (Å²) in [5.74, 6) is -0.184. The Morgan fingerprint density at radius 3 is 2.37 bits per heavy atom. The van der Waals surface area contributed by atoms with Crippen molar-refractivity contribution in [2.24, 2.45) is 0 Å². The number of rotatable bonds is 7. The summed E-state index contributed by atoms with van der Waals surface area (Å²) in [4.78, 5) is 29.9. The van der Waals surface area contributed by atoms with Crippen LogP contribution in [-0.2, 0) is 9.59 Å². The van der Waals surface area contributed by atoms with E-state index in [0.717, 1.165) is 11.1 Å². The molecule has 0 aromatic heterocycles. The van der Waals surface area contributed by atoms with Gasteiger partial charge in [-0.2, -0.15) is 0 Å². The zero-order valence-electron chi connectivity index (χ0n) is 20.5. The van der Waals surface area contributed by atoms with Gasteiger partial charge in [-0.3, -0.25) is 9.59 Å². The molecule has 4 rings (SSSR count). The molecule has 1 saturated heterocycles. The van der Waals surface area contributed by atoms with E-state index in [0.29, 0.717) is 35.7 Å². The standard InChI is InChI=1S/C29H30N2O4/c1-19-13-14-20(2)24(17-19)27(32)25-26(31(16-15-30(3)4)29(34)28(25)33)21-9-8-12-23(18-21)35-22-10-6-5-7-11-22/h5-14,17-18,26,32H,15-16H2,1-4H3/b27-25+. The van der Waals surface area contributed by atoms with E-state index < -0.39 is 17.7 Å². The van der Waals surface area contributed by atoms with E-state index >= 15 is 0 Å². The molecule has 1 fully saturated rings. The van der Waals surface area contributed by atoms with E-state index in [-0.39, 0.29) is 11.3 Å². The van der Waals surface area contributed by atoms with Crippen molar-refractivity contribution in [2.45, 2.75) is 19.9 Å². The number of ketones is 1. The number of benzene rings is 3. The Morgan fingerprint density at radius 1 is 0.943 bits per heavy atom. The number of nitrogens with zero attached hydrogens (tertiary/aromatic N) is 2. The number of hydrogen-bond acceptors (Lipinski definition) is 5. The third-order valence-corrected chi connectivity index (χ3v) is 6.13. The Morgan fingerprint density at radius 2 is 1.66 bits per heavy atom. The summed E-state index contributed by atoms with van der Waals surface area (Å²) in [7, 11) is 3.83. The number of amides is 1.